The smallest absolute Gasteiger partial charge is 0.350 e. The Morgan fingerprint density at radius 1 is 1.12 bits per heavy atom. The first-order chi connectivity index (χ1) is 15.6. The van der Waals surface area contributed by atoms with E-state index in [1.807, 2.05) is 0 Å². The molecule has 0 saturated heterocycles. The molecule has 0 fully saturated rings. The maximum atomic E-state index is 13.5. The zero-order valence-electron chi connectivity index (χ0n) is 18.6. The van der Waals surface area contributed by atoms with Crippen LogP contribution in [0.1, 0.15) is 60.2 Å². The normalized spacial score (nSPS) is 16.1. The van der Waals surface area contributed by atoms with Gasteiger partial charge in [-0.1, -0.05) is 11.3 Å². The Morgan fingerprint density at radius 3 is 2.39 bits per heavy atom. The highest BCUT2D eigenvalue weighted by molar-refractivity contribution is 7.17. The Hall–Kier alpha value is -3.31. The summed E-state index contributed by atoms with van der Waals surface area (Å²) in [5.41, 5.74) is 0.772. The number of furan rings is 1. The zero-order valence-corrected chi connectivity index (χ0v) is 20.2. The number of aromatic nitrogens is 2. The van der Waals surface area contributed by atoms with Crippen LogP contribution in [0.15, 0.2) is 27.9 Å². The van der Waals surface area contributed by atoms with Crippen molar-refractivity contribution in [2.24, 2.45) is 0 Å². The van der Waals surface area contributed by atoms with Crippen LogP contribution in [0.2, 0.25) is 0 Å². The number of thiazole rings is 2. The van der Waals surface area contributed by atoms with Crippen molar-refractivity contribution in [3.63, 3.8) is 0 Å². The predicted molar refractivity (Wildman–Crippen MR) is 122 cm³/mol. The largest absolute Gasteiger partial charge is 0.503 e. The van der Waals surface area contributed by atoms with Gasteiger partial charge < -0.3 is 14.3 Å². The SMILES string of the molecule is CCOC(=O)c1sc(N2C(=O)C(O)=C(C(=O)c3sc(C)nc3C)C2c2ccc(C)o2)nc1C. The van der Waals surface area contributed by atoms with E-state index in [0.29, 0.717) is 27.0 Å². The second-order valence-electron chi connectivity index (χ2n) is 7.40. The quantitative estimate of drug-likeness (QED) is 0.401. The number of carbonyl (C=O) groups excluding carboxylic acids is 3. The predicted octanol–water partition coefficient (Wildman–Crippen LogP) is 4.39. The molecule has 1 N–H and O–H groups in total. The molecule has 1 aliphatic heterocycles. The van der Waals surface area contributed by atoms with Crippen molar-refractivity contribution < 1.29 is 28.6 Å². The number of Topliss-reactive ketones (excluding diaryl/α,β-unsaturated/α-hetero) is 1. The van der Waals surface area contributed by atoms with Gasteiger partial charge in [0, 0.05) is 0 Å². The van der Waals surface area contributed by atoms with Crippen LogP contribution in [0.25, 0.3) is 0 Å². The first-order valence-electron chi connectivity index (χ1n) is 10.1. The Balaban J connectivity index is 1.85. The number of ketones is 1. The first kappa shape index (κ1) is 22.9. The molecular weight excluding hydrogens is 466 g/mol. The summed E-state index contributed by atoms with van der Waals surface area (Å²) >= 11 is 2.14. The van der Waals surface area contributed by atoms with Crippen LogP contribution < -0.4 is 4.90 Å². The van der Waals surface area contributed by atoms with Gasteiger partial charge in [0.25, 0.3) is 5.91 Å². The molecule has 1 atom stereocenters. The number of aryl methyl sites for hydroxylation is 4. The van der Waals surface area contributed by atoms with Gasteiger partial charge in [-0.05, 0) is 46.8 Å². The number of nitrogens with zero attached hydrogens (tertiary/aromatic N) is 3. The van der Waals surface area contributed by atoms with Gasteiger partial charge in [0.05, 0.1) is 33.5 Å². The number of aliphatic hydroxyl groups is 1. The lowest BCUT2D eigenvalue weighted by Crippen LogP contribution is -2.30. The summed E-state index contributed by atoms with van der Waals surface area (Å²) in [7, 11) is 0. The van der Waals surface area contributed by atoms with E-state index in [2.05, 4.69) is 9.97 Å². The molecule has 11 heteroatoms. The third-order valence-corrected chi connectivity index (χ3v) is 7.25. The average molecular weight is 488 g/mol. The molecule has 4 rings (SSSR count). The second-order valence-corrected chi connectivity index (χ2v) is 9.58. The Labute approximate surface area is 197 Å². The number of hydrogen-bond acceptors (Lipinski definition) is 10. The first-order valence-corrected chi connectivity index (χ1v) is 11.7. The fraction of sp³-hybridized carbons (Fsp3) is 0.318. The lowest BCUT2D eigenvalue weighted by molar-refractivity contribution is -0.117. The van der Waals surface area contributed by atoms with Gasteiger partial charge in [-0.25, -0.2) is 14.8 Å². The van der Waals surface area contributed by atoms with E-state index in [1.54, 1.807) is 46.8 Å². The van der Waals surface area contributed by atoms with Gasteiger partial charge in [0.15, 0.2) is 10.9 Å². The molecule has 3 aromatic rings. The number of hydrogen-bond donors (Lipinski definition) is 1. The van der Waals surface area contributed by atoms with Crippen LogP contribution in [0.3, 0.4) is 0 Å². The summed E-state index contributed by atoms with van der Waals surface area (Å²) in [5.74, 6) is -1.69. The average Bonchev–Trinajstić information content (AvgIpc) is 3.49. The third-order valence-electron chi connectivity index (χ3n) is 5.05. The molecule has 33 heavy (non-hydrogen) atoms. The molecule has 0 radical (unpaired) electrons. The molecule has 9 nitrogen and oxygen atoms in total. The van der Waals surface area contributed by atoms with Crippen LogP contribution in [0, 0.1) is 27.7 Å². The van der Waals surface area contributed by atoms with Crippen LogP contribution in [0.4, 0.5) is 5.13 Å². The maximum Gasteiger partial charge on any atom is 0.350 e. The van der Waals surface area contributed by atoms with Gasteiger partial charge in [-0.15, -0.1) is 11.3 Å². The van der Waals surface area contributed by atoms with E-state index >= 15 is 0 Å². The number of ether oxygens (including phenoxy) is 1. The van der Waals surface area contributed by atoms with E-state index in [-0.39, 0.29) is 27.9 Å². The molecule has 4 heterocycles. The second kappa shape index (κ2) is 8.56. The fourth-order valence-electron chi connectivity index (χ4n) is 3.64. The molecule has 1 unspecified atom stereocenters. The monoisotopic (exact) mass is 487 g/mol. The van der Waals surface area contributed by atoms with Gasteiger partial charge in [0.2, 0.25) is 5.78 Å². The van der Waals surface area contributed by atoms with Crippen molar-refractivity contribution in [2.45, 2.75) is 40.7 Å². The minimum atomic E-state index is -1.05. The Morgan fingerprint density at radius 2 is 1.82 bits per heavy atom. The van der Waals surface area contributed by atoms with E-state index in [4.69, 9.17) is 9.15 Å². The van der Waals surface area contributed by atoms with E-state index in [9.17, 15) is 19.5 Å². The molecule has 1 amide bonds. The number of esters is 1. The fourth-order valence-corrected chi connectivity index (χ4v) is 5.50. The van der Waals surface area contributed by atoms with Crippen molar-refractivity contribution in [1.82, 2.24) is 9.97 Å². The van der Waals surface area contributed by atoms with Crippen molar-refractivity contribution in [1.29, 1.82) is 0 Å². The van der Waals surface area contributed by atoms with Crippen molar-refractivity contribution in [3.05, 3.63) is 61.1 Å². The minimum Gasteiger partial charge on any atom is -0.503 e. The summed E-state index contributed by atoms with van der Waals surface area (Å²) in [6, 6.07) is 2.29. The third kappa shape index (κ3) is 3.87. The van der Waals surface area contributed by atoms with Crippen LogP contribution in [-0.4, -0.2) is 39.3 Å². The minimum absolute atomic E-state index is 0.119. The number of aliphatic hydroxyl groups excluding tert-OH is 1. The molecule has 0 spiro atoms. The van der Waals surface area contributed by atoms with E-state index < -0.39 is 29.5 Å². The summed E-state index contributed by atoms with van der Waals surface area (Å²) in [4.78, 5) is 49.4. The molecule has 1 aliphatic rings. The van der Waals surface area contributed by atoms with Gasteiger partial charge in [0.1, 0.15) is 22.4 Å². The molecule has 0 bridgehead atoms. The standard InChI is InChI=1S/C22H21N3O6S2/c1-6-30-21(29)19-11(4)24-22(33-19)25-15(13-8-7-9(2)31-13)14(17(27)20(25)28)16(26)18-10(3)23-12(5)32-18/h7-8,15,27H,6H2,1-5H3. The number of carbonyl (C=O) groups is 3. The Kier molecular flexibility index (Phi) is 5.93. The lowest BCUT2D eigenvalue weighted by atomic mass is 10.00. The molecular formula is C22H21N3O6S2. The molecule has 0 aliphatic carbocycles. The molecule has 0 aromatic carbocycles. The summed E-state index contributed by atoms with van der Waals surface area (Å²) in [6.07, 6.45) is 0. The van der Waals surface area contributed by atoms with Crippen molar-refractivity contribution in [2.75, 3.05) is 11.5 Å². The van der Waals surface area contributed by atoms with Gasteiger partial charge >= 0.3 is 5.97 Å². The topological polar surface area (TPSA) is 123 Å². The van der Waals surface area contributed by atoms with Crippen molar-refractivity contribution >= 4 is 45.5 Å². The number of rotatable bonds is 6. The highest BCUT2D eigenvalue weighted by atomic mass is 32.1. The summed E-state index contributed by atoms with van der Waals surface area (Å²) < 4.78 is 10.8. The van der Waals surface area contributed by atoms with Gasteiger partial charge in [-0.3, -0.25) is 14.5 Å². The van der Waals surface area contributed by atoms with Crippen LogP contribution in [-0.2, 0) is 9.53 Å². The Bertz CT molecular complexity index is 1320. The highest BCUT2D eigenvalue weighted by Gasteiger charge is 2.48. The molecule has 3 aromatic heterocycles. The van der Waals surface area contributed by atoms with Crippen LogP contribution in [0.5, 0.6) is 0 Å². The number of anilines is 1. The van der Waals surface area contributed by atoms with Gasteiger partial charge in [-0.2, -0.15) is 0 Å². The summed E-state index contributed by atoms with van der Waals surface area (Å²) in [5, 5.41) is 11.7. The number of amides is 1. The lowest BCUT2D eigenvalue weighted by Gasteiger charge is -2.22. The van der Waals surface area contributed by atoms with Crippen LogP contribution >= 0.6 is 22.7 Å². The molecule has 172 valence electrons. The zero-order chi connectivity index (χ0) is 24.0. The van der Waals surface area contributed by atoms with E-state index in [0.717, 1.165) is 11.3 Å². The highest BCUT2D eigenvalue weighted by Crippen LogP contribution is 2.44. The summed E-state index contributed by atoms with van der Waals surface area (Å²) in [6.45, 7) is 8.72. The maximum absolute atomic E-state index is 13.5. The van der Waals surface area contributed by atoms with Crippen molar-refractivity contribution in [3.8, 4) is 0 Å². The van der Waals surface area contributed by atoms with E-state index in [1.165, 1.54) is 16.2 Å². The molecule has 0 saturated carbocycles.